The van der Waals surface area contributed by atoms with Gasteiger partial charge in [0.15, 0.2) is 0 Å². The summed E-state index contributed by atoms with van der Waals surface area (Å²) in [6.45, 7) is -0.0675. The van der Waals surface area contributed by atoms with E-state index in [1.54, 1.807) is 14.1 Å². The van der Waals surface area contributed by atoms with Crippen LogP contribution < -0.4 is 0 Å². The zero-order chi connectivity index (χ0) is 12.8. The summed E-state index contributed by atoms with van der Waals surface area (Å²) in [6.07, 6.45) is 0. The number of amides is 1. The maximum absolute atomic E-state index is 11.4. The van der Waals surface area contributed by atoms with Gasteiger partial charge in [-0.15, -0.1) is 5.10 Å². The zero-order valence-corrected chi connectivity index (χ0v) is 10.6. The predicted octanol–water partition coefficient (Wildman–Crippen LogP) is -0.974. The number of esters is 1. The maximum atomic E-state index is 11.4. The lowest BCUT2D eigenvalue weighted by Crippen LogP contribution is -2.23. The van der Waals surface area contributed by atoms with Gasteiger partial charge in [-0.1, -0.05) is 11.8 Å². The average Bonchev–Trinajstić information content (AvgIpc) is 2.72. The summed E-state index contributed by atoms with van der Waals surface area (Å²) in [5.41, 5.74) is 0. The molecule has 0 N–H and O–H groups in total. The van der Waals surface area contributed by atoms with E-state index in [4.69, 9.17) is 0 Å². The summed E-state index contributed by atoms with van der Waals surface area (Å²) in [5.74, 6) is -0.283. The third-order valence-electron chi connectivity index (χ3n) is 1.83. The van der Waals surface area contributed by atoms with Crippen LogP contribution in [0, 0.1) is 0 Å². The molecule has 0 fully saturated rings. The molecule has 0 unspecified atom stereocenters. The fourth-order valence-corrected chi connectivity index (χ4v) is 1.70. The second-order valence-electron chi connectivity index (χ2n) is 3.27. The van der Waals surface area contributed by atoms with Gasteiger partial charge in [-0.05, 0) is 10.4 Å². The van der Waals surface area contributed by atoms with Gasteiger partial charge in [0.25, 0.3) is 0 Å². The van der Waals surface area contributed by atoms with Gasteiger partial charge in [0.1, 0.15) is 6.54 Å². The molecule has 0 aliphatic heterocycles. The van der Waals surface area contributed by atoms with Crippen LogP contribution in [0.15, 0.2) is 5.16 Å². The molecule has 17 heavy (non-hydrogen) atoms. The van der Waals surface area contributed by atoms with Crippen LogP contribution in [-0.2, 0) is 20.9 Å². The number of thioether (sulfide) groups is 1. The van der Waals surface area contributed by atoms with Crippen molar-refractivity contribution in [2.45, 2.75) is 11.7 Å². The highest BCUT2D eigenvalue weighted by Gasteiger charge is 2.13. The van der Waals surface area contributed by atoms with Crippen LogP contribution >= 0.6 is 11.8 Å². The third-order valence-corrected chi connectivity index (χ3v) is 2.77. The molecule has 9 heteroatoms. The molecule has 0 aliphatic carbocycles. The molecule has 1 heterocycles. The summed E-state index contributed by atoms with van der Waals surface area (Å²) in [6, 6.07) is 0. The number of rotatable bonds is 5. The molecule has 0 bridgehead atoms. The van der Waals surface area contributed by atoms with Gasteiger partial charge in [0.05, 0.1) is 12.9 Å². The molecule has 1 aromatic heterocycles. The fraction of sp³-hybridized carbons (Fsp3) is 0.625. The lowest BCUT2D eigenvalue weighted by atomic mass is 10.6. The first kappa shape index (κ1) is 13.4. The summed E-state index contributed by atoms with van der Waals surface area (Å²) in [4.78, 5) is 23.9. The predicted molar refractivity (Wildman–Crippen MR) is 59.3 cm³/mol. The first-order valence-corrected chi connectivity index (χ1v) is 5.69. The molecule has 8 nitrogen and oxygen atoms in total. The van der Waals surface area contributed by atoms with Gasteiger partial charge in [-0.3, -0.25) is 9.59 Å². The highest BCUT2D eigenvalue weighted by Crippen LogP contribution is 2.13. The molecule has 0 spiro atoms. The Morgan fingerprint density at radius 2 is 2.18 bits per heavy atom. The van der Waals surface area contributed by atoms with Crippen LogP contribution in [0.5, 0.6) is 0 Å². The van der Waals surface area contributed by atoms with Gasteiger partial charge < -0.3 is 9.64 Å². The normalized spacial score (nSPS) is 10.1. The number of ether oxygens (including phenoxy) is 1. The van der Waals surface area contributed by atoms with Crippen molar-refractivity contribution in [3.05, 3.63) is 0 Å². The third kappa shape index (κ3) is 4.02. The molecule has 1 rings (SSSR count). The Hall–Kier alpha value is -1.64. The van der Waals surface area contributed by atoms with Crippen LogP contribution in [0.3, 0.4) is 0 Å². The van der Waals surface area contributed by atoms with Crippen molar-refractivity contribution in [3.8, 4) is 0 Å². The van der Waals surface area contributed by atoms with Crippen molar-refractivity contribution in [3.63, 3.8) is 0 Å². The second kappa shape index (κ2) is 6.18. The number of nitrogens with zero attached hydrogens (tertiary/aromatic N) is 5. The highest BCUT2D eigenvalue weighted by atomic mass is 32.2. The first-order valence-electron chi connectivity index (χ1n) is 4.70. The summed E-state index contributed by atoms with van der Waals surface area (Å²) >= 11 is 1.17. The van der Waals surface area contributed by atoms with E-state index in [1.807, 2.05) is 0 Å². The molecular formula is C8H13N5O3S. The van der Waals surface area contributed by atoms with Gasteiger partial charge >= 0.3 is 5.97 Å². The largest absolute Gasteiger partial charge is 0.468 e. The number of tetrazole rings is 1. The van der Waals surface area contributed by atoms with Crippen molar-refractivity contribution in [1.82, 2.24) is 25.1 Å². The van der Waals surface area contributed by atoms with E-state index >= 15 is 0 Å². The van der Waals surface area contributed by atoms with E-state index in [0.717, 1.165) is 0 Å². The van der Waals surface area contributed by atoms with Crippen molar-refractivity contribution in [2.24, 2.45) is 0 Å². The summed E-state index contributed by atoms with van der Waals surface area (Å²) in [5, 5.41) is 11.2. The van der Waals surface area contributed by atoms with E-state index in [0.29, 0.717) is 5.16 Å². The number of carbonyl (C=O) groups excluding carboxylic acids is 2. The van der Waals surface area contributed by atoms with E-state index in [1.165, 1.54) is 28.5 Å². The minimum Gasteiger partial charge on any atom is -0.468 e. The lowest BCUT2D eigenvalue weighted by Gasteiger charge is -2.08. The number of methoxy groups -OCH3 is 1. The number of carbonyl (C=O) groups is 2. The maximum Gasteiger partial charge on any atom is 0.327 e. The first-order chi connectivity index (χ1) is 8.04. The molecule has 1 aromatic rings. The molecule has 94 valence electrons. The van der Waals surface area contributed by atoms with E-state index < -0.39 is 5.97 Å². The van der Waals surface area contributed by atoms with Crippen LogP contribution in [0.4, 0.5) is 0 Å². The molecule has 1 amide bonds. The van der Waals surface area contributed by atoms with Crippen molar-refractivity contribution in [1.29, 1.82) is 0 Å². The standard InChI is InChI=1S/C8H13N5O3S/c1-12(2)6(14)5-17-8-9-10-11-13(8)4-7(15)16-3/h4-5H2,1-3H3. The molecule has 0 saturated heterocycles. The van der Waals surface area contributed by atoms with Crippen molar-refractivity contribution < 1.29 is 14.3 Å². The molecule has 0 aliphatic rings. The Kier molecular flexibility index (Phi) is 4.88. The van der Waals surface area contributed by atoms with Crippen molar-refractivity contribution in [2.75, 3.05) is 27.0 Å². The average molecular weight is 259 g/mol. The lowest BCUT2D eigenvalue weighted by molar-refractivity contribution is -0.141. The Bertz CT molecular complexity index is 406. The van der Waals surface area contributed by atoms with E-state index in [9.17, 15) is 9.59 Å². The Morgan fingerprint density at radius 3 is 2.76 bits per heavy atom. The summed E-state index contributed by atoms with van der Waals surface area (Å²) in [7, 11) is 4.62. The molecule has 0 aromatic carbocycles. The van der Waals surface area contributed by atoms with Gasteiger partial charge in [-0.2, -0.15) is 0 Å². The van der Waals surface area contributed by atoms with Gasteiger partial charge in [0.2, 0.25) is 11.1 Å². The van der Waals surface area contributed by atoms with E-state index in [2.05, 4.69) is 20.3 Å². The molecule has 0 saturated carbocycles. The number of hydrogen-bond donors (Lipinski definition) is 0. The quantitative estimate of drug-likeness (QED) is 0.496. The topological polar surface area (TPSA) is 90.2 Å². The van der Waals surface area contributed by atoms with Crippen LogP contribution in [0.1, 0.15) is 0 Å². The Labute approximate surface area is 102 Å². The molecule has 0 atom stereocenters. The van der Waals surface area contributed by atoms with Crippen LogP contribution in [0.25, 0.3) is 0 Å². The smallest absolute Gasteiger partial charge is 0.327 e. The fourth-order valence-electron chi connectivity index (χ4n) is 0.841. The van der Waals surface area contributed by atoms with Crippen LogP contribution in [-0.4, -0.2) is 63.9 Å². The summed E-state index contributed by atoms with van der Waals surface area (Å²) < 4.78 is 5.79. The highest BCUT2D eigenvalue weighted by molar-refractivity contribution is 7.99. The minimum absolute atomic E-state index is 0.0531. The van der Waals surface area contributed by atoms with Crippen molar-refractivity contribution >= 4 is 23.6 Å². The number of hydrogen-bond acceptors (Lipinski definition) is 7. The van der Waals surface area contributed by atoms with E-state index in [-0.39, 0.29) is 18.2 Å². The minimum atomic E-state index is -0.446. The number of aromatic nitrogens is 4. The Balaban J connectivity index is 2.57. The molecule has 0 radical (unpaired) electrons. The van der Waals surface area contributed by atoms with Crippen LogP contribution in [0.2, 0.25) is 0 Å². The molecular weight excluding hydrogens is 246 g/mol. The van der Waals surface area contributed by atoms with Gasteiger partial charge in [-0.25, -0.2) is 4.68 Å². The monoisotopic (exact) mass is 259 g/mol. The SMILES string of the molecule is COC(=O)Cn1nnnc1SCC(=O)N(C)C. The van der Waals surface area contributed by atoms with Gasteiger partial charge in [0, 0.05) is 14.1 Å². The Morgan fingerprint density at radius 1 is 1.47 bits per heavy atom. The second-order valence-corrected chi connectivity index (χ2v) is 4.21. The zero-order valence-electron chi connectivity index (χ0n) is 9.78.